The third kappa shape index (κ3) is 5.21. The second-order valence-electron chi connectivity index (χ2n) is 8.75. The van der Waals surface area contributed by atoms with E-state index >= 15 is 0 Å². The summed E-state index contributed by atoms with van der Waals surface area (Å²) < 4.78 is 38.1. The fourth-order valence-corrected chi connectivity index (χ4v) is 3.54. The Morgan fingerprint density at radius 1 is 1.16 bits per heavy atom. The Labute approximate surface area is 180 Å². The van der Waals surface area contributed by atoms with Crippen LogP contribution < -0.4 is 4.74 Å². The van der Waals surface area contributed by atoms with E-state index in [0.29, 0.717) is 23.8 Å². The maximum Gasteiger partial charge on any atom is 0.310 e. The molecule has 7 heteroatoms. The fourth-order valence-electron chi connectivity index (χ4n) is 3.54. The van der Waals surface area contributed by atoms with Gasteiger partial charge in [-0.15, -0.1) is 0 Å². The summed E-state index contributed by atoms with van der Waals surface area (Å²) in [4.78, 5) is 17.9. The van der Waals surface area contributed by atoms with Crippen molar-refractivity contribution in [3.05, 3.63) is 59.7 Å². The minimum absolute atomic E-state index is 0.00643. The molecule has 2 fully saturated rings. The molecule has 2 aliphatic rings. The first kappa shape index (κ1) is 21.3. The van der Waals surface area contributed by atoms with Crippen molar-refractivity contribution in [3.63, 3.8) is 0 Å². The van der Waals surface area contributed by atoms with Crippen LogP contribution in [-0.4, -0.2) is 18.8 Å². The van der Waals surface area contributed by atoms with Crippen molar-refractivity contribution in [1.82, 2.24) is 0 Å². The molecule has 0 heterocycles. The number of carbonyl (C=O) groups excluding carboxylic acids is 1. The van der Waals surface area contributed by atoms with Crippen LogP contribution in [0.4, 0.5) is 8.78 Å². The number of esters is 1. The molecule has 4 rings (SSSR count). The van der Waals surface area contributed by atoms with Gasteiger partial charge in [0.15, 0.2) is 11.6 Å². The Morgan fingerprint density at radius 3 is 2.61 bits per heavy atom. The SMILES string of the molecule is CC1(C)C(/C=N/OCC2CC2)C1C(=O)OCc1ccc(F)c(Oc2ccc(F)cc2)c1. The quantitative estimate of drug-likeness (QED) is 0.301. The minimum atomic E-state index is -0.565. The number of rotatable bonds is 9. The summed E-state index contributed by atoms with van der Waals surface area (Å²) in [5.74, 6) is -0.725. The summed E-state index contributed by atoms with van der Waals surface area (Å²) in [6.07, 6.45) is 4.08. The standard InChI is InChI=1S/C24H25F2NO4/c1-24(2)19(12-27-30-14-15-3-4-15)22(24)23(28)29-13-16-5-10-20(26)21(11-16)31-18-8-6-17(25)7-9-18/h5-12,15,19,22H,3-4,13-14H2,1-2H3/b27-12+. The van der Waals surface area contributed by atoms with E-state index in [0.717, 1.165) is 0 Å². The Bertz CT molecular complexity index is 970. The van der Waals surface area contributed by atoms with E-state index in [9.17, 15) is 13.6 Å². The van der Waals surface area contributed by atoms with E-state index in [4.69, 9.17) is 14.3 Å². The van der Waals surface area contributed by atoms with E-state index in [1.165, 1.54) is 55.3 Å². The molecule has 0 aromatic heterocycles. The molecular weight excluding hydrogens is 404 g/mol. The highest BCUT2D eigenvalue weighted by Gasteiger charge is 2.62. The molecule has 0 saturated heterocycles. The molecule has 0 bridgehead atoms. The molecule has 0 aliphatic heterocycles. The molecule has 0 amide bonds. The molecule has 0 spiro atoms. The smallest absolute Gasteiger partial charge is 0.310 e. The number of hydrogen-bond donors (Lipinski definition) is 0. The van der Waals surface area contributed by atoms with Crippen molar-refractivity contribution >= 4 is 12.2 Å². The Kier molecular flexibility index (Phi) is 5.94. The molecule has 0 radical (unpaired) electrons. The summed E-state index contributed by atoms with van der Waals surface area (Å²) in [7, 11) is 0. The van der Waals surface area contributed by atoms with Crippen LogP contribution in [0.25, 0.3) is 0 Å². The zero-order valence-corrected chi connectivity index (χ0v) is 17.5. The second kappa shape index (κ2) is 8.65. The van der Waals surface area contributed by atoms with Crippen LogP contribution in [0.5, 0.6) is 11.5 Å². The van der Waals surface area contributed by atoms with Crippen LogP contribution in [0.15, 0.2) is 47.6 Å². The highest BCUT2D eigenvalue weighted by atomic mass is 19.1. The van der Waals surface area contributed by atoms with E-state index in [2.05, 4.69) is 5.16 Å². The maximum atomic E-state index is 14.1. The predicted molar refractivity (Wildman–Crippen MR) is 111 cm³/mol. The Morgan fingerprint density at radius 2 is 1.90 bits per heavy atom. The molecule has 2 aromatic rings. The average Bonchev–Trinajstić information content (AvgIpc) is 3.64. The van der Waals surface area contributed by atoms with Crippen LogP contribution in [0.3, 0.4) is 0 Å². The van der Waals surface area contributed by atoms with E-state index in [1.807, 2.05) is 13.8 Å². The van der Waals surface area contributed by atoms with Crippen LogP contribution in [0, 0.1) is 34.8 Å². The number of ether oxygens (including phenoxy) is 2. The number of benzene rings is 2. The number of carbonyl (C=O) groups is 1. The highest BCUT2D eigenvalue weighted by Crippen LogP contribution is 2.57. The Balaban J connectivity index is 1.32. The van der Waals surface area contributed by atoms with Crippen LogP contribution in [-0.2, 0) is 21.0 Å². The summed E-state index contributed by atoms with van der Waals surface area (Å²) in [5, 5.41) is 4.01. The van der Waals surface area contributed by atoms with E-state index in [-0.39, 0.29) is 35.6 Å². The van der Waals surface area contributed by atoms with Crippen molar-refractivity contribution in [2.45, 2.75) is 33.3 Å². The minimum Gasteiger partial charge on any atom is -0.461 e. The number of hydrogen-bond acceptors (Lipinski definition) is 5. The number of halogens is 2. The lowest BCUT2D eigenvalue weighted by atomic mass is 10.1. The van der Waals surface area contributed by atoms with Gasteiger partial charge in [0.05, 0.1) is 5.92 Å². The van der Waals surface area contributed by atoms with Gasteiger partial charge < -0.3 is 14.3 Å². The van der Waals surface area contributed by atoms with Crippen molar-refractivity contribution in [2.24, 2.45) is 28.3 Å². The second-order valence-corrected chi connectivity index (χ2v) is 8.75. The van der Waals surface area contributed by atoms with E-state index < -0.39 is 11.6 Å². The molecular formula is C24H25F2NO4. The molecule has 164 valence electrons. The lowest BCUT2D eigenvalue weighted by molar-refractivity contribution is -0.147. The van der Waals surface area contributed by atoms with Crippen LogP contribution in [0.1, 0.15) is 32.3 Å². The number of oxime groups is 1. The zero-order valence-electron chi connectivity index (χ0n) is 17.5. The molecule has 0 N–H and O–H groups in total. The van der Waals surface area contributed by atoms with Crippen molar-refractivity contribution < 1.29 is 27.9 Å². The topological polar surface area (TPSA) is 57.1 Å². The third-order valence-corrected chi connectivity index (χ3v) is 5.89. The molecule has 2 aromatic carbocycles. The van der Waals surface area contributed by atoms with Gasteiger partial charge in [0.25, 0.3) is 0 Å². The van der Waals surface area contributed by atoms with Gasteiger partial charge in [-0.3, -0.25) is 4.79 Å². The van der Waals surface area contributed by atoms with Crippen molar-refractivity contribution in [3.8, 4) is 11.5 Å². The first-order valence-electron chi connectivity index (χ1n) is 10.4. The molecule has 2 saturated carbocycles. The predicted octanol–water partition coefficient (Wildman–Crippen LogP) is 5.48. The molecule has 2 atom stereocenters. The molecule has 5 nitrogen and oxygen atoms in total. The Hall–Kier alpha value is -2.96. The molecule has 2 aliphatic carbocycles. The monoisotopic (exact) mass is 429 g/mol. The van der Waals surface area contributed by atoms with Gasteiger partial charge in [0.2, 0.25) is 0 Å². The first-order valence-corrected chi connectivity index (χ1v) is 10.4. The normalized spacial score (nSPS) is 21.7. The summed E-state index contributed by atoms with van der Waals surface area (Å²) >= 11 is 0. The largest absolute Gasteiger partial charge is 0.461 e. The van der Waals surface area contributed by atoms with Gasteiger partial charge in [-0.05, 0) is 66.1 Å². The van der Waals surface area contributed by atoms with Gasteiger partial charge in [-0.1, -0.05) is 25.1 Å². The maximum absolute atomic E-state index is 14.1. The van der Waals surface area contributed by atoms with Gasteiger partial charge >= 0.3 is 5.97 Å². The number of nitrogens with zero attached hydrogens (tertiary/aromatic N) is 1. The van der Waals surface area contributed by atoms with Crippen molar-refractivity contribution in [2.75, 3.05) is 6.61 Å². The fraction of sp³-hybridized carbons (Fsp3) is 0.417. The van der Waals surface area contributed by atoms with Crippen LogP contribution in [0.2, 0.25) is 0 Å². The van der Waals surface area contributed by atoms with Crippen LogP contribution >= 0.6 is 0 Å². The van der Waals surface area contributed by atoms with Gasteiger partial charge in [0, 0.05) is 12.1 Å². The molecule has 2 unspecified atom stereocenters. The lowest BCUT2D eigenvalue weighted by Gasteiger charge is -2.10. The summed E-state index contributed by atoms with van der Waals surface area (Å²) in [5.41, 5.74) is 0.340. The average molecular weight is 429 g/mol. The first-order chi connectivity index (χ1) is 14.8. The van der Waals surface area contributed by atoms with Gasteiger partial charge in [-0.2, -0.15) is 0 Å². The lowest BCUT2D eigenvalue weighted by Crippen LogP contribution is -2.11. The summed E-state index contributed by atoms with van der Waals surface area (Å²) in [6.45, 7) is 4.60. The van der Waals surface area contributed by atoms with Gasteiger partial charge in [-0.25, -0.2) is 8.78 Å². The van der Waals surface area contributed by atoms with E-state index in [1.54, 1.807) is 6.21 Å². The van der Waals surface area contributed by atoms with Gasteiger partial charge in [0.1, 0.15) is 24.8 Å². The third-order valence-electron chi connectivity index (χ3n) is 5.89. The summed E-state index contributed by atoms with van der Waals surface area (Å²) in [6, 6.07) is 9.52. The highest BCUT2D eigenvalue weighted by molar-refractivity contribution is 5.85. The van der Waals surface area contributed by atoms with Crippen molar-refractivity contribution in [1.29, 1.82) is 0 Å². The zero-order chi connectivity index (χ0) is 22.0. The molecule has 31 heavy (non-hydrogen) atoms.